The molecule has 1 atom stereocenters. The fraction of sp³-hybridized carbons (Fsp3) is 0.333. The van der Waals surface area contributed by atoms with Gasteiger partial charge < -0.3 is 26.4 Å². The van der Waals surface area contributed by atoms with Crippen molar-refractivity contribution in [3.63, 3.8) is 0 Å². The SMILES string of the molecule is Cc1cc(Nc2ccc(Cl)c(C3COCCCN3c3cc(C)nc(N)n3)c2)nc(N)n1. The van der Waals surface area contributed by atoms with E-state index in [0.29, 0.717) is 24.1 Å². The summed E-state index contributed by atoms with van der Waals surface area (Å²) in [6, 6.07) is 9.38. The summed E-state index contributed by atoms with van der Waals surface area (Å²) >= 11 is 6.64. The first kappa shape index (κ1) is 21.1. The summed E-state index contributed by atoms with van der Waals surface area (Å²) < 4.78 is 5.89. The van der Waals surface area contributed by atoms with E-state index in [-0.39, 0.29) is 17.9 Å². The van der Waals surface area contributed by atoms with E-state index in [1.54, 1.807) is 0 Å². The smallest absolute Gasteiger partial charge is 0.222 e. The standard InChI is InChI=1S/C21H25ClN8O/c1-12-8-18(28-20(23)25-12)27-14-4-5-16(22)15(10-14)17-11-31-7-3-6-30(17)19-9-13(2)26-21(24)29-19/h4-5,8-10,17H,3,6-7,11H2,1-2H3,(H2,24,26,29)(H3,23,25,27,28). The average molecular weight is 441 g/mol. The summed E-state index contributed by atoms with van der Waals surface area (Å²) in [6.45, 7) is 5.67. The topological polar surface area (TPSA) is 128 Å². The van der Waals surface area contributed by atoms with Crippen LogP contribution in [0.2, 0.25) is 5.02 Å². The lowest BCUT2D eigenvalue weighted by molar-refractivity contribution is 0.134. The Morgan fingerprint density at radius 2 is 1.77 bits per heavy atom. The summed E-state index contributed by atoms with van der Waals surface area (Å²) in [5.74, 6) is 1.84. The third-order valence-corrected chi connectivity index (χ3v) is 5.34. The van der Waals surface area contributed by atoms with Crippen LogP contribution in [0.4, 0.5) is 29.2 Å². The van der Waals surface area contributed by atoms with Crippen LogP contribution >= 0.6 is 11.6 Å². The predicted octanol–water partition coefficient (Wildman–Crippen LogP) is 3.41. The van der Waals surface area contributed by atoms with Gasteiger partial charge in [0, 0.05) is 47.4 Å². The zero-order valence-electron chi connectivity index (χ0n) is 17.5. The third kappa shape index (κ3) is 4.95. The molecule has 10 heteroatoms. The Hall–Kier alpha value is -3.17. The van der Waals surface area contributed by atoms with Crippen LogP contribution in [0.3, 0.4) is 0 Å². The molecule has 0 amide bonds. The zero-order chi connectivity index (χ0) is 22.0. The normalized spacial score (nSPS) is 16.7. The highest BCUT2D eigenvalue weighted by atomic mass is 35.5. The van der Waals surface area contributed by atoms with Crippen molar-refractivity contribution in [2.24, 2.45) is 0 Å². The van der Waals surface area contributed by atoms with E-state index in [2.05, 4.69) is 30.2 Å². The maximum atomic E-state index is 6.64. The monoisotopic (exact) mass is 440 g/mol. The number of nitrogens with one attached hydrogen (secondary N) is 1. The molecule has 1 aliphatic heterocycles. The molecular weight excluding hydrogens is 416 g/mol. The number of aryl methyl sites for hydroxylation is 2. The number of hydrogen-bond acceptors (Lipinski definition) is 9. The lowest BCUT2D eigenvalue weighted by Gasteiger charge is -2.31. The summed E-state index contributed by atoms with van der Waals surface area (Å²) in [5, 5.41) is 3.93. The van der Waals surface area contributed by atoms with Crippen LogP contribution in [0.25, 0.3) is 0 Å². The molecule has 0 bridgehead atoms. The van der Waals surface area contributed by atoms with Crippen LogP contribution in [0.1, 0.15) is 29.4 Å². The Balaban J connectivity index is 1.70. The summed E-state index contributed by atoms with van der Waals surface area (Å²) in [5.41, 5.74) is 15.0. The van der Waals surface area contributed by atoms with E-state index in [1.165, 1.54) is 0 Å². The van der Waals surface area contributed by atoms with Gasteiger partial charge in [0.25, 0.3) is 0 Å². The van der Waals surface area contributed by atoms with Crippen molar-refractivity contribution in [2.45, 2.75) is 26.3 Å². The summed E-state index contributed by atoms with van der Waals surface area (Å²) in [4.78, 5) is 19.2. The van der Waals surface area contributed by atoms with Gasteiger partial charge in [0.2, 0.25) is 11.9 Å². The molecule has 2 aromatic heterocycles. The van der Waals surface area contributed by atoms with Gasteiger partial charge in [-0.2, -0.15) is 9.97 Å². The molecule has 1 unspecified atom stereocenters. The van der Waals surface area contributed by atoms with Crippen molar-refractivity contribution < 1.29 is 4.74 Å². The molecule has 3 heterocycles. The van der Waals surface area contributed by atoms with Crippen LogP contribution in [0.15, 0.2) is 30.3 Å². The highest BCUT2D eigenvalue weighted by Gasteiger charge is 2.27. The maximum absolute atomic E-state index is 6.64. The second-order valence-corrected chi connectivity index (χ2v) is 7.88. The molecule has 5 N–H and O–H groups in total. The molecule has 0 radical (unpaired) electrons. The van der Waals surface area contributed by atoms with E-state index < -0.39 is 0 Å². The van der Waals surface area contributed by atoms with Crippen molar-refractivity contribution in [3.8, 4) is 0 Å². The molecule has 4 rings (SSSR count). The average Bonchev–Trinajstić information content (AvgIpc) is 2.94. The number of ether oxygens (including phenoxy) is 1. The highest BCUT2D eigenvalue weighted by Crippen LogP contribution is 2.35. The van der Waals surface area contributed by atoms with E-state index in [9.17, 15) is 0 Å². The number of benzene rings is 1. The maximum Gasteiger partial charge on any atom is 0.222 e. The van der Waals surface area contributed by atoms with Crippen LogP contribution in [0, 0.1) is 13.8 Å². The van der Waals surface area contributed by atoms with Crippen molar-refractivity contribution in [3.05, 3.63) is 52.3 Å². The van der Waals surface area contributed by atoms with Gasteiger partial charge in [0.05, 0.1) is 12.6 Å². The molecule has 1 fully saturated rings. The molecule has 1 saturated heterocycles. The quantitative estimate of drug-likeness (QED) is 0.558. The van der Waals surface area contributed by atoms with Crippen molar-refractivity contribution in [2.75, 3.05) is 41.4 Å². The Labute approximate surface area is 185 Å². The fourth-order valence-corrected chi connectivity index (χ4v) is 3.95. The van der Waals surface area contributed by atoms with Crippen molar-refractivity contribution in [1.29, 1.82) is 0 Å². The van der Waals surface area contributed by atoms with Gasteiger partial charge in [-0.05, 0) is 44.0 Å². The summed E-state index contributed by atoms with van der Waals surface area (Å²) in [7, 11) is 0. The number of nitrogens with two attached hydrogens (primary N) is 2. The highest BCUT2D eigenvalue weighted by molar-refractivity contribution is 6.31. The third-order valence-electron chi connectivity index (χ3n) is 4.99. The fourth-order valence-electron chi connectivity index (χ4n) is 3.71. The van der Waals surface area contributed by atoms with Gasteiger partial charge in [-0.3, -0.25) is 0 Å². The lowest BCUT2D eigenvalue weighted by Crippen LogP contribution is -2.32. The summed E-state index contributed by atoms with van der Waals surface area (Å²) in [6.07, 6.45) is 0.870. The van der Waals surface area contributed by atoms with E-state index in [1.807, 2.05) is 44.2 Å². The lowest BCUT2D eigenvalue weighted by atomic mass is 10.0. The van der Waals surface area contributed by atoms with E-state index in [0.717, 1.165) is 41.4 Å². The van der Waals surface area contributed by atoms with Crippen molar-refractivity contribution >= 4 is 40.8 Å². The Kier molecular flexibility index (Phi) is 6.06. The van der Waals surface area contributed by atoms with Crippen LogP contribution in [0.5, 0.6) is 0 Å². The molecule has 1 aromatic carbocycles. The Morgan fingerprint density at radius 1 is 1.03 bits per heavy atom. The van der Waals surface area contributed by atoms with E-state index >= 15 is 0 Å². The molecule has 0 spiro atoms. The van der Waals surface area contributed by atoms with E-state index in [4.69, 9.17) is 27.8 Å². The zero-order valence-corrected chi connectivity index (χ0v) is 18.2. The van der Waals surface area contributed by atoms with Crippen molar-refractivity contribution in [1.82, 2.24) is 19.9 Å². The van der Waals surface area contributed by atoms with Crippen LogP contribution in [-0.4, -0.2) is 39.7 Å². The largest absolute Gasteiger partial charge is 0.379 e. The second kappa shape index (κ2) is 8.91. The Morgan fingerprint density at radius 3 is 2.52 bits per heavy atom. The molecular formula is C21H25ClN8O. The second-order valence-electron chi connectivity index (χ2n) is 7.48. The van der Waals surface area contributed by atoms with Gasteiger partial charge in [0.15, 0.2) is 0 Å². The molecule has 0 aliphatic carbocycles. The van der Waals surface area contributed by atoms with Gasteiger partial charge in [-0.15, -0.1) is 0 Å². The first-order chi connectivity index (χ1) is 14.9. The number of rotatable bonds is 4. The molecule has 31 heavy (non-hydrogen) atoms. The van der Waals surface area contributed by atoms with Crippen LogP contribution < -0.4 is 21.7 Å². The first-order valence-electron chi connectivity index (χ1n) is 10.0. The van der Waals surface area contributed by atoms with Gasteiger partial charge in [-0.1, -0.05) is 11.6 Å². The van der Waals surface area contributed by atoms with Gasteiger partial charge >= 0.3 is 0 Å². The molecule has 3 aromatic rings. The molecule has 162 valence electrons. The molecule has 1 aliphatic rings. The number of hydrogen-bond donors (Lipinski definition) is 3. The first-order valence-corrected chi connectivity index (χ1v) is 10.4. The number of anilines is 5. The predicted molar refractivity (Wildman–Crippen MR) is 123 cm³/mol. The van der Waals surface area contributed by atoms with Crippen LogP contribution in [-0.2, 0) is 4.74 Å². The minimum absolute atomic E-state index is 0.136. The number of halogens is 1. The van der Waals surface area contributed by atoms with Gasteiger partial charge in [-0.25, -0.2) is 9.97 Å². The number of aromatic nitrogens is 4. The minimum atomic E-state index is -0.136. The minimum Gasteiger partial charge on any atom is -0.379 e. The molecule has 9 nitrogen and oxygen atoms in total. The molecule has 0 saturated carbocycles. The number of nitrogens with zero attached hydrogens (tertiary/aromatic N) is 5. The Bertz CT molecular complexity index is 1050. The van der Waals surface area contributed by atoms with Gasteiger partial charge in [0.1, 0.15) is 11.6 Å². The number of nitrogen functional groups attached to an aromatic ring is 2.